The Balaban J connectivity index is 2.09. The van der Waals surface area contributed by atoms with E-state index in [0.29, 0.717) is 12.8 Å². The predicted molar refractivity (Wildman–Crippen MR) is 79.6 cm³/mol. The molecule has 0 saturated heterocycles. The van der Waals surface area contributed by atoms with Gasteiger partial charge in [-0.2, -0.15) is 0 Å². The van der Waals surface area contributed by atoms with Crippen LogP contribution in [0.5, 0.6) is 0 Å². The van der Waals surface area contributed by atoms with E-state index in [1.807, 2.05) is 12.1 Å². The molecule has 1 saturated carbocycles. The van der Waals surface area contributed by atoms with Crippen LogP contribution >= 0.6 is 0 Å². The summed E-state index contributed by atoms with van der Waals surface area (Å²) in [6.45, 7) is 4.04. The van der Waals surface area contributed by atoms with Crippen LogP contribution in [-0.4, -0.2) is 28.7 Å². The molecular formula is C17H26O3. The Bertz CT molecular complexity index is 424. The molecule has 112 valence electrons. The van der Waals surface area contributed by atoms with Crippen molar-refractivity contribution in [2.24, 2.45) is 0 Å². The molecule has 0 spiro atoms. The summed E-state index contributed by atoms with van der Waals surface area (Å²) in [7, 11) is 0. The molecule has 0 radical (unpaired) electrons. The van der Waals surface area contributed by atoms with Crippen molar-refractivity contribution >= 4 is 0 Å². The molecule has 0 amide bonds. The third-order valence-corrected chi connectivity index (χ3v) is 4.42. The average Bonchev–Trinajstić information content (AvgIpc) is 2.45. The van der Waals surface area contributed by atoms with Crippen LogP contribution < -0.4 is 0 Å². The molecule has 0 heterocycles. The van der Waals surface area contributed by atoms with Gasteiger partial charge in [0, 0.05) is 18.8 Å². The van der Waals surface area contributed by atoms with Gasteiger partial charge in [-0.1, -0.05) is 37.6 Å². The number of aliphatic hydroxyl groups is 2. The van der Waals surface area contributed by atoms with E-state index in [-0.39, 0.29) is 18.6 Å². The molecule has 0 aromatic heterocycles. The van der Waals surface area contributed by atoms with E-state index in [0.717, 1.165) is 19.3 Å². The highest BCUT2D eigenvalue weighted by atomic mass is 16.6. The molecular weight excluding hydrogens is 252 g/mol. The first kappa shape index (κ1) is 15.5. The van der Waals surface area contributed by atoms with Crippen LogP contribution in [0.25, 0.3) is 0 Å². The number of rotatable bonds is 5. The summed E-state index contributed by atoms with van der Waals surface area (Å²) >= 11 is 0. The Morgan fingerprint density at radius 3 is 2.45 bits per heavy atom. The monoisotopic (exact) mass is 278 g/mol. The van der Waals surface area contributed by atoms with Gasteiger partial charge in [-0.15, -0.1) is 0 Å². The fourth-order valence-corrected chi connectivity index (χ4v) is 3.10. The lowest BCUT2D eigenvalue weighted by molar-refractivity contribution is -0.253. The van der Waals surface area contributed by atoms with Crippen LogP contribution in [0, 0.1) is 6.92 Å². The van der Waals surface area contributed by atoms with Gasteiger partial charge in [-0.3, -0.25) is 0 Å². The molecule has 20 heavy (non-hydrogen) atoms. The fraction of sp³-hybridized carbons (Fsp3) is 0.647. The van der Waals surface area contributed by atoms with Gasteiger partial charge in [0.1, 0.15) is 0 Å². The topological polar surface area (TPSA) is 49.7 Å². The van der Waals surface area contributed by atoms with Crippen LogP contribution in [0.15, 0.2) is 24.3 Å². The van der Waals surface area contributed by atoms with Gasteiger partial charge < -0.3 is 14.9 Å². The third kappa shape index (κ3) is 3.60. The normalized spacial score (nSPS) is 21.4. The molecule has 1 aromatic carbocycles. The molecule has 1 fully saturated rings. The zero-order chi connectivity index (χ0) is 14.6. The number of benzene rings is 1. The summed E-state index contributed by atoms with van der Waals surface area (Å²) in [6, 6.07) is 8.14. The number of hydrogen-bond acceptors (Lipinski definition) is 3. The minimum absolute atomic E-state index is 0.0622. The largest absolute Gasteiger partial charge is 0.394 e. The molecule has 2 unspecified atom stereocenters. The summed E-state index contributed by atoms with van der Waals surface area (Å²) in [6.07, 6.45) is 4.12. The second kappa shape index (κ2) is 6.70. The Morgan fingerprint density at radius 2 is 1.85 bits per heavy atom. The summed E-state index contributed by atoms with van der Waals surface area (Å²) in [5.74, 6) is -0.991. The Labute approximate surface area is 121 Å². The van der Waals surface area contributed by atoms with Crippen molar-refractivity contribution in [3.63, 3.8) is 0 Å². The van der Waals surface area contributed by atoms with Crippen molar-refractivity contribution < 1.29 is 14.9 Å². The van der Waals surface area contributed by atoms with Crippen molar-refractivity contribution in [2.75, 3.05) is 6.61 Å². The van der Waals surface area contributed by atoms with Gasteiger partial charge in [0.15, 0.2) is 5.79 Å². The highest BCUT2D eigenvalue weighted by Gasteiger charge is 2.35. The second-order valence-corrected chi connectivity index (χ2v) is 5.99. The van der Waals surface area contributed by atoms with E-state index in [4.69, 9.17) is 4.74 Å². The predicted octanol–water partition coefficient (Wildman–Crippen LogP) is 3.13. The maximum atomic E-state index is 10.5. The first-order valence-corrected chi connectivity index (χ1v) is 7.62. The molecule has 2 rings (SSSR count). The number of aryl methyl sites for hydroxylation is 1. The maximum Gasteiger partial charge on any atom is 0.165 e. The Kier molecular flexibility index (Phi) is 5.19. The lowest BCUT2D eigenvalue weighted by Gasteiger charge is -2.37. The molecule has 0 bridgehead atoms. The van der Waals surface area contributed by atoms with Crippen LogP contribution in [-0.2, 0) is 4.74 Å². The third-order valence-electron chi connectivity index (χ3n) is 4.42. The lowest BCUT2D eigenvalue weighted by Crippen LogP contribution is -2.41. The van der Waals surface area contributed by atoms with Gasteiger partial charge >= 0.3 is 0 Å². The highest BCUT2D eigenvalue weighted by molar-refractivity contribution is 5.29. The quantitative estimate of drug-likeness (QED) is 0.814. The van der Waals surface area contributed by atoms with Crippen LogP contribution in [0.4, 0.5) is 0 Å². The first-order valence-electron chi connectivity index (χ1n) is 7.62. The summed E-state index contributed by atoms with van der Waals surface area (Å²) in [5, 5.41) is 20.2. The smallest absolute Gasteiger partial charge is 0.165 e. The zero-order valence-corrected chi connectivity index (χ0v) is 12.5. The fourth-order valence-electron chi connectivity index (χ4n) is 3.10. The minimum Gasteiger partial charge on any atom is -0.394 e. The van der Waals surface area contributed by atoms with Gasteiger partial charge in [-0.05, 0) is 30.9 Å². The first-order chi connectivity index (χ1) is 9.56. The van der Waals surface area contributed by atoms with Crippen LogP contribution in [0.2, 0.25) is 0 Å². The molecule has 1 aliphatic rings. The van der Waals surface area contributed by atoms with E-state index >= 15 is 0 Å². The zero-order valence-electron chi connectivity index (χ0n) is 12.5. The Hall–Kier alpha value is -0.900. The second-order valence-electron chi connectivity index (χ2n) is 5.99. The van der Waals surface area contributed by atoms with Crippen molar-refractivity contribution in [3.8, 4) is 0 Å². The van der Waals surface area contributed by atoms with Crippen molar-refractivity contribution in [3.05, 3.63) is 35.4 Å². The van der Waals surface area contributed by atoms with Crippen LogP contribution in [0.1, 0.15) is 56.1 Å². The summed E-state index contributed by atoms with van der Waals surface area (Å²) in [4.78, 5) is 0. The van der Waals surface area contributed by atoms with E-state index in [1.54, 1.807) is 0 Å². The van der Waals surface area contributed by atoms with E-state index < -0.39 is 5.79 Å². The molecule has 2 atom stereocenters. The minimum atomic E-state index is -1.05. The van der Waals surface area contributed by atoms with Gasteiger partial charge in [0.05, 0.1) is 12.7 Å². The molecule has 3 nitrogen and oxygen atoms in total. The average molecular weight is 278 g/mol. The number of aliphatic hydroxyl groups excluding tert-OH is 1. The molecule has 2 N–H and O–H groups in total. The molecule has 1 aliphatic carbocycles. The van der Waals surface area contributed by atoms with E-state index in [1.165, 1.54) is 11.1 Å². The van der Waals surface area contributed by atoms with Gasteiger partial charge in [-0.25, -0.2) is 0 Å². The van der Waals surface area contributed by atoms with Crippen LogP contribution in [0.3, 0.4) is 0 Å². The number of ether oxygens (including phenoxy) is 1. The lowest BCUT2D eigenvalue weighted by atomic mass is 9.90. The summed E-state index contributed by atoms with van der Waals surface area (Å²) in [5.41, 5.74) is 2.36. The van der Waals surface area contributed by atoms with Crippen molar-refractivity contribution in [1.82, 2.24) is 0 Å². The summed E-state index contributed by atoms with van der Waals surface area (Å²) < 4.78 is 5.90. The van der Waals surface area contributed by atoms with Gasteiger partial charge in [0.25, 0.3) is 0 Å². The van der Waals surface area contributed by atoms with Crippen molar-refractivity contribution in [2.45, 2.75) is 63.8 Å². The van der Waals surface area contributed by atoms with Crippen molar-refractivity contribution in [1.29, 1.82) is 0 Å². The van der Waals surface area contributed by atoms with E-state index in [9.17, 15) is 10.2 Å². The standard InChI is InChI=1S/C17H26O3/c1-13-8-4-5-9-15(13)14(2)16(12-18)20-17(19)10-6-3-7-11-17/h4-5,8-9,14,16,18-19H,3,6-7,10-12H2,1-2H3. The molecule has 0 aliphatic heterocycles. The van der Waals surface area contributed by atoms with Gasteiger partial charge in [0.2, 0.25) is 0 Å². The maximum absolute atomic E-state index is 10.5. The highest BCUT2D eigenvalue weighted by Crippen LogP contribution is 2.34. The molecule has 3 heteroatoms. The Morgan fingerprint density at radius 1 is 1.20 bits per heavy atom. The SMILES string of the molecule is Cc1ccccc1C(C)C(CO)OC1(O)CCCCC1. The van der Waals surface area contributed by atoms with E-state index in [2.05, 4.69) is 26.0 Å². The molecule has 1 aromatic rings. The number of hydrogen-bond donors (Lipinski definition) is 2.